The van der Waals surface area contributed by atoms with Crippen molar-refractivity contribution in [3.8, 4) is 0 Å². The Morgan fingerprint density at radius 3 is 2.22 bits per heavy atom. The fourth-order valence-corrected chi connectivity index (χ4v) is 5.33. The summed E-state index contributed by atoms with van der Waals surface area (Å²) in [5.41, 5.74) is 0.998. The summed E-state index contributed by atoms with van der Waals surface area (Å²) in [6.07, 6.45) is 5.24. The molecule has 1 aromatic heterocycles. The van der Waals surface area contributed by atoms with E-state index in [-0.39, 0.29) is 46.9 Å². The van der Waals surface area contributed by atoms with E-state index >= 15 is 0 Å². The van der Waals surface area contributed by atoms with Crippen LogP contribution in [-0.2, 0) is 15.0 Å². The Hall–Kier alpha value is -1.49. The molecule has 4 nitrogen and oxygen atoms in total. The third-order valence-corrected chi connectivity index (χ3v) is 6.55. The Morgan fingerprint density at radius 1 is 1.17 bits per heavy atom. The van der Waals surface area contributed by atoms with Gasteiger partial charge in [0.2, 0.25) is 11.8 Å². The van der Waals surface area contributed by atoms with Crippen molar-refractivity contribution in [3.63, 3.8) is 0 Å². The van der Waals surface area contributed by atoms with Gasteiger partial charge in [-0.05, 0) is 25.2 Å². The van der Waals surface area contributed by atoms with E-state index in [0.29, 0.717) is 0 Å². The third kappa shape index (κ3) is 2.05. The smallest absolute Gasteiger partial charge is 0.234 e. The molecular weight excluding hydrogens is 308 g/mol. The zero-order chi connectivity index (χ0) is 16.5. The molecule has 2 amide bonds. The van der Waals surface area contributed by atoms with Crippen molar-refractivity contribution in [2.75, 3.05) is 0 Å². The summed E-state index contributed by atoms with van der Waals surface area (Å²) in [4.78, 5) is 31.9. The standard InChI is InChI=1S/C18H22N2O2S/c1-9(15-19-12(8-23-15)18(2,3)4)20-16(21)13-10-5-6-11(7-10)14(13)17(20)22/h5-6,8-11,13-14H,7H2,1-4H3/t9-,10-,11+,13+,14-/m0/s1. The van der Waals surface area contributed by atoms with Gasteiger partial charge in [0.15, 0.2) is 0 Å². The van der Waals surface area contributed by atoms with Gasteiger partial charge in [0, 0.05) is 10.8 Å². The first-order chi connectivity index (χ1) is 10.8. The lowest BCUT2D eigenvalue weighted by Crippen LogP contribution is -2.35. The van der Waals surface area contributed by atoms with Crippen LogP contribution in [-0.4, -0.2) is 21.7 Å². The van der Waals surface area contributed by atoms with Crippen LogP contribution >= 0.6 is 11.3 Å². The number of allylic oxidation sites excluding steroid dienone is 2. The van der Waals surface area contributed by atoms with Crippen LogP contribution in [0.4, 0.5) is 0 Å². The van der Waals surface area contributed by atoms with Crippen LogP contribution in [0.1, 0.15) is 50.9 Å². The maximum absolute atomic E-state index is 12.9. The molecule has 0 unspecified atom stereocenters. The predicted molar refractivity (Wildman–Crippen MR) is 88.8 cm³/mol. The first-order valence-corrected chi connectivity index (χ1v) is 9.18. The van der Waals surface area contributed by atoms with E-state index in [4.69, 9.17) is 4.98 Å². The van der Waals surface area contributed by atoms with Crippen LogP contribution in [0.5, 0.6) is 0 Å². The van der Waals surface area contributed by atoms with E-state index in [2.05, 4.69) is 32.9 Å². The van der Waals surface area contributed by atoms with Crippen molar-refractivity contribution in [1.29, 1.82) is 0 Å². The van der Waals surface area contributed by atoms with Crippen LogP contribution in [0.3, 0.4) is 0 Å². The lowest BCUT2D eigenvalue weighted by molar-refractivity contribution is -0.143. The number of likely N-dealkylation sites (tertiary alicyclic amines) is 1. The van der Waals surface area contributed by atoms with Gasteiger partial charge in [-0.15, -0.1) is 11.3 Å². The van der Waals surface area contributed by atoms with Crippen molar-refractivity contribution >= 4 is 23.2 Å². The second kappa shape index (κ2) is 4.76. The Balaban J connectivity index is 1.62. The molecule has 1 aromatic rings. The zero-order valence-corrected chi connectivity index (χ0v) is 14.8. The molecule has 0 N–H and O–H groups in total. The Bertz CT molecular complexity index is 685. The molecular formula is C18H22N2O2S. The Kier molecular flexibility index (Phi) is 3.12. The average Bonchev–Trinajstić information content (AvgIpc) is 3.21. The molecule has 0 radical (unpaired) electrons. The second-order valence-corrected chi connectivity index (χ2v) is 8.93. The minimum Gasteiger partial charge on any atom is -0.274 e. The van der Waals surface area contributed by atoms with Gasteiger partial charge < -0.3 is 0 Å². The molecule has 122 valence electrons. The number of amides is 2. The minimum absolute atomic E-state index is 0.0110. The van der Waals surface area contributed by atoms with Crippen LogP contribution in [0.2, 0.25) is 0 Å². The van der Waals surface area contributed by atoms with Crippen LogP contribution in [0.15, 0.2) is 17.5 Å². The fraction of sp³-hybridized carbons (Fsp3) is 0.611. The van der Waals surface area contributed by atoms with E-state index < -0.39 is 0 Å². The number of carbonyl (C=O) groups excluding carboxylic acids is 2. The number of fused-ring (bicyclic) bond motifs is 5. The van der Waals surface area contributed by atoms with Crippen LogP contribution < -0.4 is 0 Å². The van der Waals surface area contributed by atoms with E-state index in [1.807, 2.05) is 12.3 Å². The number of imide groups is 1. The number of carbonyl (C=O) groups is 2. The lowest BCUT2D eigenvalue weighted by Gasteiger charge is -2.23. The van der Waals surface area contributed by atoms with E-state index in [1.54, 1.807) is 11.3 Å². The molecule has 2 aliphatic carbocycles. The van der Waals surface area contributed by atoms with Crippen LogP contribution in [0.25, 0.3) is 0 Å². The summed E-state index contributed by atoms with van der Waals surface area (Å²) in [6.45, 7) is 8.29. The monoisotopic (exact) mass is 330 g/mol. The zero-order valence-electron chi connectivity index (χ0n) is 13.9. The molecule has 23 heavy (non-hydrogen) atoms. The molecule has 5 atom stereocenters. The summed E-state index contributed by atoms with van der Waals surface area (Å²) in [6, 6.07) is -0.263. The molecule has 5 heteroatoms. The maximum atomic E-state index is 12.9. The molecule has 3 aliphatic rings. The molecule has 0 spiro atoms. The fourth-order valence-electron chi connectivity index (χ4n) is 4.24. The molecule has 4 rings (SSSR count). The summed E-state index contributed by atoms with van der Waals surface area (Å²) >= 11 is 1.55. The number of thiazole rings is 1. The van der Waals surface area contributed by atoms with Crippen molar-refractivity contribution in [3.05, 3.63) is 28.2 Å². The molecule has 2 bridgehead atoms. The first kappa shape index (κ1) is 15.1. The molecule has 2 heterocycles. The minimum atomic E-state index is -0.263. The van der Waals surface area contributed by atoms with Gasteiger partial charge in [-0.1, -0.05) is 32.9 Å². The highest BCUT2D eigenvalue weighted by atomic mass is 32.1. The summed E-state index contributed by atoms with van der Waals surface area (Å²) in [5.74, 6) is 0.304. The summed E-state index contributed by atoms with van der Waals surface area (Å²) in [7, 11) is 0. The highest BCUT2D eigenvalue weighted by Crippen LogP contribution is 2.53. The largest absolute Gasteiger partial charge is 0.274 e. The highest BCUT2D eigenvalue weighted by molar-refractivity contribution is 7.09. The predicted octanol–water partition coefficient (Wildman–Crippen LogP) is 3.31. The third-order valence-electron chi connectivity index (χ3n) is 5.54. The quantitative estimate of drug-likeness (QED) is 0.617. The SMILES string of the molecule is C[C@@H](c1nc(C(C)(C)C)cs1)N1C(=O)[C@@H]2[C@H](C1=O)[C@H]1C=C[C@@H]2C1. The van der Waals surface area contributed by atoms with E-state index in [0.717, 1.165) is 17.1 Å². The van der Waals surface area contributed by atoms with Gasteiger partial charge in [-0.25, -0.2) is 4.98 Å². The van der Waals surface area contributed by atoms with Gasteiger partial charge in [0.1, 0.15) is 5.01 Å². The van der Waals surface area contributed by atoms with E-state index in [1.165, 1.54) is 4.90 Å². The molecule has 0 aromatic carbocycles. The van der Waals surface area contributed by atoms with Crippen molar-refractivity contribution in [1.82, 2.24) is 9.88 Å². The van der Waals surface area contributed by atoms with Crippen molar-refractivity contribution < 1.29 is 9.59 Å². The summed E-state index contributed by atoms with van der Waals surface area (Å²) < 4.78 is 0. The van der Waals surface area contributed by atoms with Gasteiger partial charge in [-0.3, -0.25) is 14.5 Å². The number of rotatable bonds is 2. The normalized spacial score (nSPS) is 33.7. The van der Waals surface area contributed by atoms with Crippen molar-refractivity contribution in [2.45, 2.75) is 45.6 Å². The lowest BCUT2D eigenvalue weighted by atomic mass is 9.85. The number of hydrogen-bond donors (Lipinski definition) is 0. The van der Waals surface area contributed by atoms with Crippen LogP contribution in [0, 0.1) is 23.7 Å². The Morgan fingerprint density at radius 2 is 1.74 bits per heavy atom. The molecule has 1 aliphatic heterocycles. The average molecular weight is 330 g/mol. The van der Waals surface area contributed by atoms with Gasteiger partial charge in [0.25, 0.3) is 0 Å². The Labute approximate surface area is 140 Å². The van der Waals surface area contributed by atoms with Gasteiger partial charge in [-0.2, -0.15) is 0 Å². The topological polar surface area (TPSA) is 50.3 Å². The second-order valence-electron chi connectivity index (χ2n) is 8.04. The van der Waals surface area contributed by atoms with Gasteiger partial charge in [0.05, 0.1) is 23.6 Å². The highest BCUT2D eigenvalue weighted by Gasteiger charge is 2.60. The molecule has 1 saturated carbocycles. The number of hydrogen-bond acceptors (Lipinski definition) is 4. The maximum Gasteiger partial charge on any atom is 0.234 e. The molecule has 1 saturated heterocycles. The first-order valence-electron chi connectivity index (χ1n) is 8.30. The molecule has 2 fully saturated rings. The number of aromatic nitrogens is 1. The van der Waals surface area contributed by atoms with Gasteiger partial charge >= 0.3 is 0 Å². The van der Waals surface area contributed by atoms with Crippen molar-refractivity contribution in [2.24, 2.45) is 23.7 Å². The van der Waals surface area contributed by atoms with E-state index in [9.17, 15) is 9.59 Å². The number of nitrogens with zero attached hydrogens (tertiary/aromatic N) is 2. The summed E-state index contributed by atoms with van der Waals surface area (Å²) in [5, 5.41) is 2.90.